The van der Waals surface area contributed by atoms with Crippen LogP contribution in [0.25, 0.3) is 0 Å². The summed E-state index contributed by atoms with van der Waals surface area (Å²) in [5.41, 5.74) is 6.86. The maximum absolute atomic E-state index is 5.85. The molecule has 0 unspecified atom stereocenters. The van der Waals surface area contributed by atoms with E-state index in [1.807, 2.05) is 6.20 Å². The average Bonchev–Trinajstić information content (AvgIpc) is 2.89. The van der Waals surface area contributed by atoms with Crippen molar-refractivity contribution in [3.05, 3.63) is 23.9 Å². The van der Waals surface area contributed by atoms with Gasteiger partial charge in [0.05, 0.1) is 6.54 Å². The first-order valence-corrected chi connectivity index (χ1v) is 7.22. The summed E-state index contributed by atoms with van der Waals surface area (Å²) in [6.07, 6.45) is 4.42. The molecule has 0 atom stereocenters. The van der Waals surface area contributed by atoms with Gasteiger partial charge in [-0.05, 0) is 45.2 Å². The SMILES string of the molecule is CC(C)(C)NC(N)=NCc1ccc(N2CCCC2)nc1. The van der Waals surface area contributed by atoms with Crippen molar-refractivity contribution in [2.45, 2.75) is 45.7 Å². The third-order valence-electron chi connectivity index (χ3n) is 3.17. The maximum Gasteiger partial charge on any atom is 0.189 e. The van der Waals surface area contributed by atoms with Gasteiger partial charge in [0, 0.05) is 24.8 Å². The number of aromatic nitrogens is 1. The van der Waals surface area contributed by atoms with Gasteiger partial charge in [0.2, 0.25) is 0 Å². The zero-order chi connectivity index (χ0) is 14.6. The third-order valence-corrected chi connectivity index (χ3v) is 3.17. The number of rotatable bonds is 3. The van der Waals surface area contributed by atoms with Gasteiger partial charge in [0.25, 0.3) is 0 Å². The van der Waals surface area contributed by atoms with E-state index >= 15 is 0 Å². The number of aliphatic imine (C=N–C) groups is 1. The number of pyridine rings is 1. The first-order valence-electron chi connectivity index (χ1n) is 7.22. The molecule has 1 aromatic heterocycles. The largest absolute Gasteiger partial charge is 0.370 e. The standard InChI is InChI=1S/C15H25N5/c1-15(2,3)19-14(16)18-11-12-6-7-13(17-10-12)20-8-4-5-9-20/h6-7,10H,4-5,8-9,11H2,1-3H3,(H3,16,18,19). The fourth-order valence-electron chi connectivity index (χ4n) is 2.24. The first kappa shape index (κ1) is 14.6. The van der Waals surface area contributed by atoms with Gasteiger partial charge >= 0.3 is 0 Å². The smallest absolute Gasteiger partial charge is 0.189 e. The van der Waals surface area contributed by atoms with E-state index in [1.165, 1.54) is 12.8 Å². The van der Waals surface area contributed by atoms with Crippen LogP contribution in [-0.2, 0) is 6.54 Å². The predicted molar refractivity (Wildman–Crippen MR) is 83.9 cm³/mol. The van der Waals surface area contributed by atoms with Crippen molar-refractivity contribution < 1.29 is 0 Å². The molecule has 0 bridgehead atoms. The number of nitrogens with two attached hydrogens (primary N) is 1. The second-order valence-corrected chi connectivity index (χ2v) is 6.30. The summed E-state index contributed by atoms with van der Waals surface area (Å²) in [4.78, 5) is 11.2. The summed E-state index contributed by atoms with van der Waals surface area (Å²) in [6.45, 7) is 8.97. The Morgan fingerprint density at radius 3 is 2.60 bits per heavy atom. The van der Waals surface area contributed by atoms with E-state index < -0.39 is 0 Å². The highest BCUT2D eigenvalue weighted by Gasteiger charge is 2.13. The summed E-state index contributed by atoms with van der Waals surface area (Å²) < 4.78 is 0. The normalized spacial score (nSPS) is 16.6. The van der Waals surface area contributed by atoms with Gasteiger partial charge in [-0.3, -0.25) is 0 Å². The van der Waals surface area contributed by atoms with Crippen molar-refractivity contribution in [2.75, 3.05) is 18.0 Å². The first-order chi connectivity index (χ1) is 9.44. The summed E-state index contributed by atoms with van der Waals surface area (Å²) in [5.74, 6) is 1.54. The lowest BCUT2D eigenvalue weighted by Gasteiger charge is -2.21. The van der Waals surface area contributed by atoms with Crippen LogP contribution < -0.4 is 16.0 Å². The molecule has 5 heteroatoms. The Kier molecular flexibility index (Phi) is 4.47. The number of hydrogen-bond donors (Lipinski definition) is 2. The molecule has 2 rings (SSSR count). The number of nitrogens with zero attached hydrogens (tertiary/aromatic N) is 3. The number of hydrogen-bond acceptors (Lipinski definition) is 3. The highest BCUT2D eigenvalue weighted by Crippen LogP contribution is 2.17. The van der Waals surface area contributed by atoms with Gasteiger partial charge in [-0.1, -0.05) is 6.07 Å². The molecule has 3 N–H and O–H groups in total. The van der Waals surface area contributed by atoms with Crippen LogP contribution in [0.4, 0.5) is 5.82 Å². The molecule has 0 aliphatic carbocycles. The van der Waals surface area contributed by atoms with Crippen LogP contribution in [0.15, 0.2) is 23.3 Å². The number of anilines is 1. The molecule has 1 fully saturated rings. The Morgan fingerprint density at radius 1 is 1.35 bits per heavy atom. The Balaban J connectivity index is 1.92. The fraction of sp³-hybridized carbons (Fsp3) is 0.600. The van der Waals surface area contributed by atoms with Crippen molar-refractivity contribution in [1.82, 2.24) is 10.3 Å². The second kappa shape index (κ2) is 6.11. The Labute approximate surface area is 121 Å². The lowest BCUT2D eigenvalue weighted by molar-refractivity contribution is 0.508. The summed E-state index contributed by atoms with van der Waals surface area (Å²) in [7, 11) is 0. The number of nitrogens with one attached hydrogen (secondary N) is 1. The quantitative estimate of drug-likeness (QED) is 0.653. The Hall–Kier alpha value is -1.78. The molecule has 0 amide bonds. The molecule has 0 aromatic carbocycles. The minimum Gasteiger partial charge on any atom is -0.370 e. The molecule has 1 aliphatic heterocycles. The third kappa shape index (κ3) is 4.40. The van der Waals surface area contributed by atoms with Crippen molar-refractivity contribution in [1.29, 1.82) is 0 Å². The zero-order valence-corrected chi connectivity index (χ0v) is 12.7. The van der Waals surface area contributed by atoms with E-state index in [1.54, 1.807) is 0 Å². The molecular formula is C15H25N5. The Morgan fingerprint density at radius 2 is 2.05 bits per heavy atom. The van der Waals surface area contributed by atoms with Gasteiger partial charge in [-0.15, -0.1) is 0 Å². The summed E-state index contributed by atoms with van der Waals surface area (Å²) >= 11 is 0. The summed E-state index contributed by atoms with van der Waals surface area (Å²) in [6, 6.07) is 4.15. The van der Waals surface area contributed by atoms with Gasteiger partial charge < -0.3 is 16.0 Å². The molecule has 0 saturated carbocycles. The van der Waals surface area contributed by atoms with Crippen LogP contribution in [0.5, 0.6) is 0 Å². The van der Waals surface area contributed by atoms with Crippen LogP contribution in [0.2, 0.25) is 0 Å². The van der Waals surface area contributed by atoms with Crippen LogP contribution in [0.1, 0.15) is 39.2 Å². The zero-order valence-electron chi connectivity index (χ0n) is 12.7. The molecule has 1 saturated heterocycles. The van der Waals surface area contributed by atoms with E-state index in [0.29, 0.717) is 12.5 Å². The average molecular weight is 275 g/mol. The molecule has 1 aliphatic rings. The molecular weight excluding hydrogens is 250 g/mol. The Bertz CT molecular complexity index is 452. The van der Waals surface area contributed by atoms with E-state index in [4.69, 9.17) is 5.73 Å². The molecule has 5 nitrogen and oxygen atoms in total. The lowest BCUT2D eigenvalue weighted by atomic mass is 10.1. The van der Waals surface area contributed by atoms with Gasteiger partial charge in [0.1, 0.15) is 5.82 Å². The fourth-order valence-corrected chi connectivity index (χ4v) is 2.24. The maximum atomic E-state index is 5.85. The molecule has 0 radical (unpaired) electrons. The van der Waals surface area contributed by atoms with E-state index in [9.17, 15) is 0 Å². The predicted octanol–water partition coefficient (Wildman–Crippen LogP) is 1.88. The van der Waals surface area contributed by atoms with E-state index in [-0.39, 0.29) is 5.54 Å². The van der Waals surface area contributed by atoms with Crippen LogP contribution in [0, 0.1) is 0 Å². The van der Waals surface area contributed by atoms with E-state index in [2.05, 4.69) is 53.1 Å². The summed E-state index contributed by atoms with van der Waals surface area (Å²) in [5, 5.41) is 3.14. The molecule has 0 spiro atoms. The van der Waals surface area contributed by atoms with Crippen molar-refractivity contribution in [3.8, 4) is 0 Å². The van der Waals surface area contributed by atoms with Crippen LogP contribution >= 0.6 is 0 Å². The minimum atomic E-state index is -0.0640. The topological polar surface area (TPSA) is 66.5 Å². The molecule has 1 aromatic rings. The van der Waals surface area contributed by atoms with Crippen molar-refractivity contribution >= 4 is 11.8 Å². The highest BCUT2D eigenvalue weighted by molar-refractivity contribution is 5.78. The van der Waals surface area contributed by atoms with Crippen molar-refractivity contribution in [2.24, 2.45) is 10.7 Å². The molecule has 2 heterocycles. The van der Waals surface area contributed by atoms with Gasteiger partial charge in [0.15, 0.2) is 5.96 Å². The van der Waals surface area contributed by atoms with Crippen LogP contribution in [0.3, 0.4) is 0 Å². The van der Waals surface area contributed by atoms with Crippen LogP contribution in [-0.4, -0.2) is 29.6 Å². The highest BCUT2D eigenvalue weighted by atomic mass is 15.2. The van der Waals surface area contributed by atoms with Crippen molar-refractivity contribution in [3.63, 3.8) is 0 Å². The van der Waals surface area contributed by atoms with E-state index in [0.717, 1.165) is 24.5 Å². The second-order valence-electron chi connectivity index (χ2n) is 6.30. The molecule has 110 valence electrons. The minimum absolute atomic E-state index is 0.0640. The monoisotopic (exact) mass is 275 g/mol. The lowest BCUT2D eigenvalue weighted by Crippen LogP contribution is -2.44. The van der Waals surface area contributed by atoms with Gasteiger partial charge in [-0.2, -0.15) is 0 Å². The van der Waals surface area contributed by atoms with Gasteiger partial charge in [-0.25, -0.2) is 9.98 Å². The molecule has 20 heavy (non-hydrogen) atoms. The number of guanidine groups is 1.